The molecule has 0 radical (unpaired) electrons. The zero-order valence-electron chi connectivity index (χ0n) is 25.4. The number of carbonyl (C=O) groups is 2. The van der Waals surface area contributed by atoms with E-state index in [9.17, 15) is 9.59 Å². The van der Waals surface area contributed by atoms with Gasteiger partial charge in [-0.15, -0.1) is 0 Å². The average molecular weight is 545 g/mol. The standard InChI is InChI=1S/C35H60O4/c1-3-5-7-9-11-12-13-14-15-16-17-18-19-20-21-23-28-32-35(38)39-33(29-25-22-10-8-6-4-2)30-26-24-27-31-34(36)37/h11-12,14-15,17-18,20-21,33H,3-10,13,16,19,22-32H2,1-2H3,(H,36,37)/b12-11-,15-14-,18-17-,21-20-. The van der Waals surface area contributed by atoms with E-state index in [1.54, 1.807) is 0 Å². The molecule has 0 aliphatic heterocycles. The molecule has 0 amide bonds. The van der Waals surface area contributed by atoms with Crippen molar-refractivity contribution in [1.29, 1.82) is 0 Å². The van der Waals surface area contributed by atoms with Crippen LogP contribution < -0.4 is 0 Å². The number of carbonyl (C=O) groups excluding carboxylic acids is 1. The maximum Gasteiger partial charge on any atom is 0.306 e. The van der Waals surface area contributed by atoms with Crippen molar-refractivity contribution >= 4 is 11.9 Å². The molecule has 0 heterocycles. The third-order valence-electron chi connectivity index (χ3n) is 6.80. The lowest BCUT2D eigenvalue weighted by Gasteiger charge is -2.18. The van der Waals surface area contributed by atoms with E-state index in [4.69, 9.17) is 9.84 Å². The van der Waals surface area contributed by atoms with Gasteiger partial charge in [0.05, 0.1) is 0 Å². The highest BCUT2D eigenvalue weighted by atomic mass is 16.5. The molecule has 0 aliphatic rings. The number of hydrogen-bond acceptors (Lipinski definition) is 3. The predicted octanol–water partition coefficient (Wildman–Crippen LogP) is 10.8. The molecule has 0 aromatic carbocycles. The van der Waals surface area contributed by atoms with Crippen LogP contribution in [0.25, 0.3) is 0 Å². The molecule has 0 bridgehead atoms. The van der Waals surface area contributed by atoms with Crippen LogP contribution in [-0.4, -0.2) is 23.1 Å². The summed E-state index contributed by atoms with van der Waals surface area (Å²) in [6, 6.07) is 0. The second kappa shape index (κ2) is 30.4. The Balaban J connectivity index is 4.03. The molecule has 0 fully saturated rings. The Morgan fingerprint density at radius 1 is 0.564 bits per heavy atom. The quantitative estimate of drug-likeness (QED) is 0.0604. The first-order valence-corrected chi connectivity index (χ1v) is 16.1. The van der Waals surface area contributed by atoms with Gasteiger partial charge in [0.2, 0.25) is 0 Å². The molecule has 4 nitrogen and oxygen atoms in total. The van der Waals surface area contributed by atoms with Crippen LogP contribution in [0.15, 0.2) is 48.6 Å². The van der Waals surface area contributed by atoms with Crippen LogP contribution >= 0.6 is 0 Å². The Labute approximate surface area is 241 Å². The zero-order valence-corrected chi connectivity index (χ0v) is 25.4. The molecule has 0 aromatic rings. The maximum absolute atomic E-state index is 12.4. The van der Waals surface area contributed by atoms with Crippen molar-refractivity contribution in [3.05, 3.63) is 48.6 Å². The lowest BCUT2D eigenvalue weighted by molar-refractivity contribution is -0.150. The van der Waals surface area contributed by atoms with Crippen molar-refractivity contribution < 1.29 is 19.4 Å². The second-order valence-corrected chi connectivity index (χ2v) is 10.6. The molecule has 0 saturated heterocycles. The summed E-state index contributed by atoms with van der Waals surface area (Å²) in [5.41, 5.74) is 0. The number of rotatable bonds is 28. The molecule has 4 heteroatoms. The highest BCUT2D eigenvalue weighted by molar-refractivity contribution is 5.69. The summed E-state index contributed by atoms with van der Waals surface area (Å²) in [7, 11) is 0. The number of unbranched alkanes of at least 4 members (excludes halogenated alkanes) is 11. The van der Waals surface area contributed by atoms with Gasteiger partial charge in [-0.25, -0.2) is 0 Å². The summed E-state index contributed by atoms with van der Waals surface area (Å²) in [5.74, 6) is -0.827. The molecule has 0 saturated carbocycles. The topological polar surface area (TPSA) is 63.6 Å². The summed E-state index contributed by atoms with van der Waals surface area (Å²) >= 11 is 0. The fourth-order valence-corrected chi connectivity index (χ4v) is 4.41. The van der Waals surface area contributed by atoms with Crippen LogP contribution in [0.5, 0.6) is 0 Å². The second-order valence-electron chi connectivity index (χ2n) is 10.6. The number of allylic oxidation sites excluding steroid dienone is 8. The van der Waals surface area contributed by atoms with Crippen molar-refractivity contribution in [3.8, 4) is 0 Å². The first kappa shape index (κ1) is 36.9. The van der Waals surface area contributed by atoms with Gasteiger partial charge in [0, 0.05) is 12.8 Å². The summed E-state index contributed by atoms with van der Waals surface area (Å²) in [6.45, 7) is 4.46. The summed E-state index contributed by atoms with van der Waals surface area (Å²) in [5, 5.41) is 8.81. The van der Waals surface area contributed by atoms with Gasteiger partial charge >= 0.3 is 11.9 Å². The van der Waals surface area contributed by atoms with Crippen molar-refractivity contribution in [1.82, 2.24) is 0 Å². The van der Waals surface area contributed by atoms with Crippen molar-refractivity contribution in [2.75, 3.05) is 0 Å². The van der Waals surface area contributed by atoms with Gasteiger partial charge in [-0.05, 0) is 77.0 Å². The van der Waals surface area contributed by atoms with Crippen molar-refractivity contribution in [3.63, 3.8) is 0 Å². The molecular weight excluding hydrogens is 484 g/mol. The fraction of sp³-hybridized carbons (Fsp3) is 0.714. The molecule has 39 heavy (non-hydrogen) atoms. The highest BCUT2D eigenvalue weighted by Gasteiger charge is 2.14. The van der Waals surface area contributed by atoms with Crippen LogP contribution in [-0.2, 0) is 14.3 Å². The Bertz CT molecular complexity index is 674. The number of carboxylic acid groups (broad SMARTS) is 1. The molecular formula is C35H60O4. The Morgan fingerprint density at radius 2 is 1.03 bits per heavy atom. The van der Waals surface area contributed by atoms with Crippen LogP contribution in [0.3, 0.4) is 0 Å². The van der Waals surface area contributed by atoms with E-state index in [1.165, 1.54) is 57.8 Å². The Hall–Kier alpha value is -2.10. The largest absolute Gasteiger partial charge is 0.481 e. The Morgan fingerprint density at radius 3 is 1.59 bits per heavy atom. The smallest absolute Gasteiger partial charge is 0.306 e. The number of ether oxygens (including phenoxy) is 1. The molecule has 0 aliphatic carbocycles. The number of carboxylic acids is 1. The van der Waals surface area contributed by atoms with Gasteiger partial charge < -0.3 is 9.84 Å². The predicted molar refractivity (Wildman–Crippen MR) is 167 cm³/mol. The molecule has 1 atom stereocenters. The minimum absolute atomic E-state index is 0.0231. The lowest BCUT2D eigenvalue weighted by Crippen LogP contribution is -2.18. The zero-order chi connectivity index (χ0) is 28.7. The average Bonchev–Trinajstić information content (AvgIpc) is 2.91. The summed E-state index contributed by atoms with van der Waals surface area (Å²) in [4.78, 5) is 23.1. The van der Waals surface area contributed by atoms with Gasteiger partial charge in [-0.3, -0.25) is 9.59 Å². The minimum atomic E-state index is -0.737. The van der Waals surface area contributed by atoms with E-state index in [2.05, 4.69) is 62.5 Å². The maximum atomic E-state index is 12.4. The lowest BCUT2D eigenvalue weighted by atomic mass is 10.0. The Kier molecular flexibility index (Phi) is 28.8. The third-order valence-corrected chi connectivity index (χ3v) is 6.80. The van der Waals surface area contributed by atoms with E-state index >= 15 is 0 Å². The first-order chi connectivity index (χ1) is 19.1. The summed E-state index contributed by atoms with van der Waals surface area (Å²) in [6.07, 6.45) is 39.8. The van der Waals surface area contributed by atoms with E-state index in [0.717, 1.165) is 64.2 Å². The van der Waals surface area contributed by atoms with Crippen LogP contribution in [0.2, 0.25) is 0 Å². The van der Waals surface area contributed by atoms with Crippen molar-refractivity contribution in [2.24, 2.45) is 0 Å². The van der Waals surface area contributed by atoms with Crippen molar-refractivity contribution in [2.45, 2.75) is 161 Å². The summed E-state index contributed by atoms with van der Waals surface area (Å²) < 4.78 is 5.83. The molecule has 0 aromatic heterocycles. The first-order valence-electron chi connectivity index (χ1n) is 16.1. The monoisotopic (exact) mass is 544 g/mol. The van der Waals surface area contributed by atoms with Gasteiger partial charge in [0.25, 0.3) is 0 Å². The van der Waals surface area contributed by atoms with Gasteiger partial charge in [-0.1, -0.05) is 114 Å². The normalized spacial score (nSPS) is 12.9. The number of esters is 1. The molecule has 0 spiro atoms. The fourth-order valence-electron chi connectivity index (χ4n) is 4.41. The van der Waals surface area contributed by atoms with E-state index < -0.39 is 5.97 Å². The molecule has 1 unspecified atom stereocenters. The van der Waals surface area contributed by atoms with Crippen LogP contribution in [0.1, 0.15) is 155 Å². The molecule has 0 rings (SSSR count). The molecule has 224 valence electrons. The van der Waals surface area contributed by atoms with E-state index in [0.29, 0.717) is 12.8 Å². The van der Waals surface area contributed by atoms with E-state index in [-0.39, 0.29) is 18.5 Å². The number of aliphatic carboxylic acids is 1. The van der Waals surface area contributed by atoms with Crippen LogP contribution in [0, 0.1) is 0 Å². The molecule has 1 N–H and O–H groups in total. The van der Waals surface area contributed by atoms with Crippen LogP contribution in [0.4, 0.5) is 0 Å². The van der Waals surface area contributed by atoms with Gasteiger partial charge in [0.15, 0.2) is 0 Å². The highest BCUT2D eigenvalue weighted by Crippen LogP contribution is 2.17. The van der Waals surface area contributed by atoms with Gasteiger partial charge in [-0.2, -0.15) is 0 Å². The third kappa shape index (κ3) is 30.3. The van der Waals surface area contributed by atoms with Gasteiger partial charge in [0.1, 0.15) is 6.10 Å². The SMILES string of the molecule is CCCCC/C=C\C/C=C\C/C=C\C/C=C\CCCC(=O)OC(CCCCCCCC)CCCCCC(=O)O. The number of hydrogen-bond donors (Lipinski definition) is 1. The minimum Gasteiger partial charge on any atom is -0.481 e. The van der Waals surface area contributed by atoms with E-state index in [1.807, 2.05) is 0 Å².